The number of anilines is 1. The van der Waals surface area contributed by atoms with Gasteiger partial charge in [-0.3, -0.25) is 4.79 Å². The molecule has 40 heavy (non-hydrogen) atoms. The Kier molecular flexibility index (Phi) is 10.3. The number of rotatable bonds is 12. The van der Waals surface area contributed by atoms with Crippen LogP contribution < -0.4 is 19.7 Å². The minimum Gasteiger partial charge on any atom is -0.497 e. The standard InChI is InChI=1S/C32H47N3O5/c1-32(2,31(36)34(3)4)20-25-19-27(24-9-11-26(38-6)12-10-24)30(21-33-25)40-22-23-8-13-29-28(18-23)35(15-17-39-29)14-7-16-37-5/h8-13,18,25,27,30,33H,7,14-17,19-22H2,1-6H3/t25?,27-,30+/m1/s1. The fourth-order valence-corrected chi connectivity index (χ4v) is 6.05. The molecule has 1 N–H and O–H groups in total. The molecule has 220 valence electrons. The number of benzene rings is 2. The van der Waals surface area contributed by atoms with E-state index in [9.17, 15) is 4.79 Å². The normalized spacial score (nSPS) is 20.9. The molecule has 2 aliphatic heterocycles. The SMILES string of the molecule is COCCCN1CCOc2ccc(CO[C@H]3CNC(CC(C)(C)C(=O)N(C)C)C[C@@H]3c3ccc(OC)cc3)cc21. The van der Waals surface area contributed by atoms with Crippen LogP contribution in [0.4, 0.5) is 5.69 Å². The Balaban J connectivity index is 1.47. The van der Waals surface area contributed by atoms with Gasteiger partial charge in [0.2, 0.25) is 5.91 Å². The molecule has 0 aromatic heterocycles. The first-order valence-electron chi connectivity index (χ1n) is 14.4. The lowest BCUT2D eigenvalue weighted by Gasteiger charge is -2.40. The molecule has 8 nitrogen and oxygen atoms in total. The molecule has 2 aliphatic rings. The number of amides is 1. The predicted octanol–water partition coefficient (Wildman–Crippen LogP) is 4.47. The molecule has 8 heteroatoms. The Bertz CT molecular complexity index is 1100. The lowest BCUT2D eigenvalue weighted by Crippen LogP contribution is -2.50. The van der Waals surface area contributed by atoms with Gasteiger partial charge in [0.05, 0.1) is 32.1 Å². The van der Waals surface area contributed by atoms with Crippen LogP contribution in [0, 0.1) is 5.41 Å². The van der Waals surface area contributed by atoms with E-state index in [1.54, 1.807) is 19.1 Å². The average Bonchev–Trinajstić information content (AvgIpc) is 2.96. The molecular weight excluding hydrogens is 506 g/mol. The van der Waals surface area contributed by atoms with Crippen molar-refractivity contribution < 1.29 is 23.7 Å². The fourth-order valence-electron chi connectivity index (χ4n) is 6.05. The number of nitrogens with one attached hydrogen (secondary N) is 1. The number of methoxy groups -OCH3 is 2. The van der Waals surface area contributed by atoms with E-state index in [4.69, 9.17) is 18.9 Å². The van der Waals surface area contributed by atoms with E-state index < -0.39 is 5.41 Å². The zero-order valence-corrected chi connectivity index (χ0v) is 25.1. The zero-order valence-electron chi connectivity index (χ0n) is 25.1. The molecule has 0 spiro atoms. The molecule has 0 bridgehead atoms. The van der Waals surface area contributed by atoms with Crippen molar-refractivity contribution in [1.82, 2.24) is 10.2 Å². The van der Waals surface area contributed by atoms with Crippen LogP contribution in [0.2, 0.25) is 0 Å². The highest BCUT2D eigenvalue weighted by atomic mass is 16.5. The second-order valence-corrected chi connectivity index (χ2v) is 11.8. The number of carbonyl (C=O) groups excluding carboxylic acids is 1. The topological polar surface area (TPSA) is 72.5 Å². The summed E-state index contributed by atoms with van der Waals surface area (Å²) in [7, 11) is 7.09. The Morgan fingerprint density at radius 3 is 2.62 bits per heavy atom. The first kappa shape index (κ1) is 30.2. The molecule has 1 saturated heterocycles. The Morgan fingerprint density at radius 2 is 1.93 bits per heavy atom. The molecule has 1 fully saturated rings. The van der Waals surface area contributed by atoms with Crippen molar-refractivity contribution in [3.8, 4) is 11.5 Å². The van der Waals surface area contributed by atoms with Crippen LogP contribution in [-0.2, 0) is 20.9 Å². The summed E-state index contributed by atoms with van der Waals surface area (Å²) < 4.78 is 23.2. The molecule has 1 unspecified atom stereocenters. The minimum atomic E-state index is -0.445. The number of piperidine rings is 1. The van der Waals surface area contributed by atoms with E-state index in [2.05, 4.69) is 40.5 Å². The number of hydrogen-bond donors (Lipinski definition) is 1. The van der Waals surface area contributed by atoms with E-state index >= 15 is 0 Å². The lowest BCUT2D eigenvalue weighted by molar-refractivity contribution is -0.138. The predicted molar refractivity (Wildman–Crippen MR) is 158 cm³/mol. The number of nitrogens with zero attached hydrogens (tertiary/aromatic N) is 2. The van der Waals surface area contributed by atoms with Crippen LogP contribution in [0.5, 0.6) is 11.5 Å². The smallest absolute Gasteiger partial charge is 0.227 e. The fraction of sp³-hybridized carbons (Fsp3) is 0.594. The van der Waals surface area contributed by atoms with Gasteiger partial charge in [0.15, 0.2) is 0 Å². The van der Waals surface area contributed by atoms with Crippen molar-refractivity contribution in [2.75, 3.05) is 66.1 Å². The van der Waals surface area contributed by atoms with Gasteiger partial charge in [0.1, 0.15) is 18.1 Å². The third kappa shape index (κ3) is 7.47. The van der Waals surface area contributed by atoms with E-state index in [1.165, 1.54) is 5.56 Å². The third-order valence-electron chi connectivity index (χ3n) is 8.10. The van der Waals surface area contributed by atoms with Crippen LogP contribution in [-0.4, -0.2) is 84.1 Å². The van der Waals surface area contributed by atoms with Gasteiger partial charge in [-0.25, -0.2) is 0 Å². The molecule has 3 atom stereocenters. The van der Waals surface area contributed by atoms with Crippen molar-refractivity contribution >= 4 is 11.6 Å². The first-order valence-corrected chi connectivity index (χ1v) is 14.4. The number of carbonyl (C=O) groups is 1. The zero-order chi connectivity index (χ0) is 28.7. The lowest BCUT2D eigenvalue weighted by atomic mass is 9.77. The van der Waals surface area contributed by atoms with Crippen LogP contribution in [0.15, 0.2) is 42.5 Å². The maximum Gasteiger partial charge on any atom is 0.227 e. The van der Waals surface area contributed by atoms with E-state index in [0.717, 1.165) is 68.3 Å². The molecule has 2 aromatic carbocycles. The molecule has 4 rings (SSSR count). The Labute approximate surface area is 239 Å². The van der Waals surface area contributed by atoms with Crippen LogP contribution in [0.1, 0.15) is 50.2 Å². The summed E-state index contributed by atoms with van der Waals surface area (Å²) in [5.74, 6) is 2.13. The van der Waals surface area contributed by atoms with Crippen LogP contribution >= 0.6 is 0 Å². The van der Waals surface area contributed by atoms with Crippen LogP contribution in [0.25, 0.3) is 0 Å². The van der Waals surface area contributed by atoms with Gasteiger partial charge in [0.25, 0.3) is 0 Å². The molecule has 2 heterocycles. The maximum absolute atomic E-state index is 12.8. The summed E-state index contributed by atoms with van der Waals surface area (Å²) in [5.41, 5.74) is 3.05. The highest BCUT2D eigenvalue weighted by Gasteiger charge is 2.38. The first-order chi connectivity index (χ1) is 19.2. The van der Waals surface area contributed by atoms with Crippen LogP contribution in [0.3, 0.4) is 0 Å². The van der Waals surface area contributed by atoms with Gasteiger partial charge in [0, 0.05) is 58.3 Å². The van der Waals surface area contributed by atoms with Crippen molar-refractivity contribution in [3.63, 3.8) is 0 Å². The number of ether oxygens (including phenoxy) is 4. The van der Waals surface area contributed by atoms with Gasteiger partial charge in [-0.1, -0.05) is 32.0 Å². The van der Waals surface area contributed by atoms with E-state index in [0.29, 0.717) is 13.2 Å². The highest BCUT2D eigenvalue weighted by molar-refractivity contribution is 5.81. The second kappa shape index (κ2) is 13.7. The molecule has 1 amide bonds. The largest absolute Gasteiger partial charge is 0.497 e. The van der Waals surface area contributed by atoms with Crippen molar-refractivity contribution in [1.29, 1.82) is 0 Å². The molecule has 0 aliphatic carbocycles. The molecule has 0 saturated carbocycles. The highest BCUT2D eigenvalue weighted by Crippen LogP contribution is 2.37. The Hall–Kier alpha value is -2.81. The Morgan fingerprint density at radius 1 is 1.15 bits per heavy atom. The average molecular weight is 554 g/mol. The van der Waals surface area contributed by atoms with Gasteiger partial charge in [-0.2, -0.15) is 0 Å². The number of hydrogen-bond acceptors (Lipinski definition) is 7. The quantitative estimate of drug-likeness (QED) is 0.389. The maximum atomic E-state index is 12.8. The van der Waals surface area contributed by atoms with Gasteiger partial charge in [-0.15, -0.1) is 0 Å². The summed E-state index contributed by atoms with van der Waals surface area (Å²) in [6, 6.07) is 14.9. The molecule has 2 aromatic rings. The monoisotopic (exact) mass is 553 g/mol. The summed E-state index contributed by atoms with van der Waals surface area (Å²) in [4.78, 5) is 16.9. The summed E-state index contributed by atoms with van der Waals surface area (Å²) in [6.45, 7) is 8.60. The second-order valence-electron chi connectivity index (χ2n) is 11.8. The summed E-state index contributed by atoms with van der Waals surface area (Å²) >= 11 is 0. The van der Waals surface area contributed by atoms with Gasteiger partial charge >= 0.3 is 0 Å². The summed E-state index contributed by atoms with van der Waals surface area (Å²) in [5, 5.41) is 3.70. The third-order valence-corrected chi connectivity index (χ3v) is 8.10. The van der Waals surface area contributed by atoms with Crippen molar-refractivity contribution in [3.05, 3.63) is 53.6 Å². The van der Waals surface area contributed by atoms with Gasteiger partial charge in [-0.05, 0) is 54.7 Å². The van der Waals surface area contributed by atoms with E-state index in [-0.39, 0.29) is 24.0 Å². The van der Waals surface area contributed by atoms with E-state index in [1.807, 2.05) is 40.1 Å². The summed E-state index contributed by atoms with van der Waals surface area (Å²) in [6.07, 6.45) is 2.65. The van der Waals surface area contributed by atoms with Crippen molar-refractivity contribution in [2.45, 2.75) is 57.8 Å². The minimum absolute atomic E-state index is 0.00222. The number of fused-ring (bicyclic) bond motifs is 1. The molecular formula is C32H47N3O5. The van der Waals surface area contributed by atoms with Crippen molar-refractivity contribution in [2.24, 2.45) is 5.41 Å². The molecule has 0 radical (unpaired) electrons. The van der Waals surface area contributed by atoms with Gasteiger partial charge < -0.3 is 34.1 Å².